The Labute approximate surface area is 135 Å². The molecule has 3 aromatic rings. The lowest BCUT2D eigenvalue weighted by molar-refractivity contribution is 0.0957. The number of amides is 1. The molecule has 112 valence electrons. The van der Waals surface area contributed by atoms with Gasteiger partial charge in [0.2, 0.25) is 0 Å². The minimum absolute atomic E-state index is 0.0153. The van der Waals surface area contributed by atoms with Gasteiger partial charge in [0, 0.05) is 13.0 Å². The third kappa shape index (κ3) is 3.23. The molecule has 3 rings (SSSR count). The summed E-state index contributed by atoms with van der Waals surface area (Å²) in [6.45, 7) is 2.03. The van der Waals surface area contributed by atoms with Crippen LogP contribution in [0.5, 0.6) is 0 Å². The molecule has 0 aliphatic heterocycles. The number of para-hydroxylation sites is 1. The van der Waals surface area contributed by atoms with Gasteiger partial charge in [0.1, 0.15) is 0 Å². The Morgan fingerprint density at radius 2 is 1.86 bits per heavy atom. The topological polar surface area (TPSA) is 59.1 Å². The maximum atomic E-state index is 12.0. The highest BCUT2D eigenvalue weighted by Gasteiger charge is 2.11. The molecule has 2 heterocycles. The molecule has 0 fully saturated rings. The molecule has 0 aliphatic carbocycles. The second kappa shape index (κ2) is 6.37. The average molecular weight is 330 g/mol. The number of nitrogens with zero attached hydrogens (tertiary/aromatic N) is 1. The van der Waals surface area contributed by atoms with E-state index in [4.69, 9.17) is 0 Å². The molecule has 0 unspecified atom stereocenters. The number of ketones is 1. The second-order valence-electron chi connectivity index (χ2n) is 4.80. The molecule has 0 bridgehead atoms. The van der Waals surface area contributed by atoms with Crippen molar-refractivity contribution < 1.29 is 9.59 Å². The van der Waals surface area contributed by atoms with E-state index in [1.54, 1.807) is 23.5 Å². The summed E-state index contributed by atoms with van der Waals surface area (Å²) in [7, 11) is 0. The van der Waals surface area contributed by atoms with Crippen molar-refractivity contribution in [2.45, 2.75) is 13.3 Å². The maximum absolute atomic E-state index is 12.0. The van der Waals surface area contributed by atoms with Crippen molar-refractivity contribution in [3.05, 3.63) is 51.2 Å². The minimum Gasteiger partial charge on any atom is -0.351 e. The molecule has 0 spiro atoms. The van der Waals surface area contributed by atoms with Gasteiger partial charge >= 0.3 is 0 Å². The van der Waals surface area contributed by atoms with Crippen LogP contribution < -0.4 is 5.32 Å². The largest absolute Gasteiger partial charge is 0.351 e. The van der Waals surface area contributed by atoms with E-state index >= 15 is 0 Å². The Hall–Kier alpha value is -2.05. The van der Waals surface area contributed by atoms with Crippen molar-refractivity contribution in [2.24, 2.45) is 0 Å². The van der Waals surface area contributed by atoms with Gasteiger partial charge in [0.25, 0.3) is 5.91 Å². The summed E-state index contributed by atoms with van der Waals surface area (Å²) in [5.41, 5.74) is 0.998. The van der Waals surface area contributed by atoms with Gasteiger partial charge in [-0.1, -0.05) is 12.1 Å². The molecule has 22 heavy (non-hydrogen) atoms. The van der Waals surface area contributed by atoms with Crippen LogP contribution in [0.4, 0.5) is 0 Å². The van der Waals surface area contributed by atoms with Gasteiger partial charge in [-0.2, -0.15) is 0 Å². The summed E-state index contributed by atoms with van der Waals surface area (Å²) in [5.74, 6) is -0.155. The lowest BCUT2D eigenvalue weighted by atomic mass is 10.3. The van der Waals surface area contributed by atoms with E-state index in [0.717, 1.165) is 15.2 Å². The molecular weight excluding hydrogens is 316 g/mol. The van der Waals surface area contributed by atoms with Crippen LogP contribution in [0.15, 0.2) is 36.4 Å². The lowest BCUT2D eigenvalue weighted by Gasteiger charge is -2.01. The fourth-order valence-corrected chi connectivity index (χ4v) is 3.83. The molecule has 0 aliphatic rings. The van der Waals surface area contributed by atoms with Gasteiger partial charge in [-0.15, -0.1) is 22.7 Å². The Morgan fingerprint density at radius 1 is 1.09 bits per heavy atom. The number of fused-ring (bicyclic) bond motifs is 1. The first kappa shape index (κ1) is 14.9. The number of benzene rings is 1. The molecule has 6 heteroatoms. The van der Waals surface area contributed by atoms with Gasteiger partial charge in [-0.05, 0) is 31.2 Å². The molecule has 2 aromatic heterocycles. The third-order valence-corrected chi connectivity index (χ3v) is 5.42. The number of hydrogen-bond acceptors (Lipinski definition) is 5. The van der Waals surface area contributed by atoms with Gasteiger partial charge < -0.3 is 5.32 Å². The molecule has 0 saturated carbocycles. The summed E-state index contributed by atoms with van der Waals surface area (Å²) in [5, 5.41) is 3.88. The molecule has 0 radical (unpaired) electrons. The standard InChI is InChI=1S/C16H14N2O2S2/c1-10(19)12-6-7-14(21-12)16(20)17-9-8-15-18-11-4-2-3-5-13(11)22-15/h2-7H,8-9H2,1H3,(H,17,20). The van der Waals surface area contributed by atoms with Crippen molar-refractivity contribution in [1.29, 1.82) is 0 Å². The van der Waals surface area contributed by atoms with E-state index in [9.17, 15) is 9.59 Å². The number of carbonyl (C=O) groups is 2. The van der Waals surface area contributed by atoms with Crippen molar-refractivity contribution >= 4 is 44.6 Å². The summed E-state index contributed by atoms with van der Waals surface area (Å²) in [6.07, 6.45) is 0.704. The van der Waals surface area contributed by atoms with E-state index < -0.39 is 0 Å². The highest BCUT2D eigenvalue weighted by molar-refractivity contribution is 7.18. The van der Waals surface area contributed by atoms with Crippen LogP contribution in [-0.2, 0) is 6.42 Å². The summed E-state index contributed by atoms with van der Waals surface area (Å²) in [4.78, 5) is 29.0. The number of carbonyl (C=O) groups excluding carboxylic acids is 2. The van der Waals surface area contributed by atoms with Gasteiger partial charge in [0.05, 0.1) is 25.0 Å². The molecule has 1 amide bonds. The van der Waals surface area contributed by atoms with E-state index in [2.05, 4.69) is 10.3 Å². The van der Waals surface area contributed by atoms with E-state index in [0.29, 0.717) is 22.7 Å². The molecule has 1 N–H and O–H groups in total. The van der Waals surface area contributed by atoms with E-state index in [1.165, 1.54) is 18.3 Å². The third-order valence-electron chi connectivity index (χ3n) is 3.14. The van der Waals surface area contributed by atoms with Gasteiger partial charge in [0.15, 0.2) is 5.78 Å². The number of aromatic nitrogens is 1. The number of rotatable bonds is 5. The first-order chi connectivity index (χ1) is 10.6. The normalized spacial score (nSPS) is 10.8. The number of thiophene rings is 1. The number of thiazole rings is 1. The zero-order valence-corrected chi connectivity index (χ0v) is 13.6. The SMILES string of the molecule is CC(=O)c1ccc(C(=O)NCCc2nc3ccccc3s2)s1. The summed E-state index contributed by atoms with van der Waals surface area (Å²) >= 11 is 2.87. The Balaban J connectivity index is 1.57. The van der Waals surface area contributed by atoms with Crippen LogP contribution in [-0.4, -0.2) is 23.2 Å². The van der Waals surface area contributed by atoms with Crippen LogP contribution in [0, 0.1) is 0 Å². The average Bonchev–Trinajstić information content (AvgIpc) is 3.13. The van der Waals surface area contributed by atoms with Crippen LogP contribution in [0.2, 0.25) is 0 Å². The lowest BCUT2D eigenvalue weighted by Crippen LogP contribution is -2.24. The second-order valence-corrected chi connectivity index (χ2v) is 7.00. The molecule has 4 nitrogen and oxygen atoms in total. The van der Waals surface area contributed by atoms with Crippen molar-refractivity contribution in [3.63, 3.8) is 0 Å². The highest BCUT2D eigenvalue weighted by Crippen LogP contribution is 2.21. The summed E-state index contributed by atoms with van der Waals surface area (Å²) < 4.78 is 1.16. The fourth-order valence-electron chi connectivity index (χ4n) is 2.05. The van der Waals surface area contributed by atoms with Crippen LogP contribution in [0.3, 0.4) is 0 Å². The molecule has 0 atom stereocenters. The van der Waals surface area contributed by atoms with Crippen LogP contribution in [0.25, 0.3) is 10.2 Å². The summed E-state index contributed by atoms with van der Waals surface area (Å²) in [6, 6.07) is 11.4. The van der Waals surface area contributed by atoms with Crippen LogP contribution >= 0.6 is 22.7 Å². The molecular formula is C16H14N2O2S2. The number of Topliss-reactive ketones (excluding diaryl/α,β-unsaturated/α-hetero) is 1. The predicted molar refractivity (Wildman–Crippen MR) is 90.0 cm³/mol. The minimum atomic E-state index is -0.140. The Bertz CT molecular complexity index is 802. The van der Waals surface area contributed by atoms with E-state index in [-0.39, 0.29) is 11.7 Å². The van der Waals surface area contributed by atoms with Crippen LogP contribution in [0.1, 0.15) is 31.3 Å². The van der Waals surface area contributed by atoms with E-state index in [1.807, 2.05) is 24.3 Å². The van der Waals surface area contributed by atoms with Crippen molar-refractivity contribution in [2.75, 3.05) is 6.54 Å². The maximum Gasteiger partial charge on any atom is 0.261 e. The molecule has 1 aromatic carbocycles. The fraction of sp³-hybridized carbons (Fsp3) is 0.188. The van der Waals surface area contributed by atoms with Gasteiger partial charge in [-0.3, -0.25) is 9.59 Å². The highest BCUT2D eigenvalue weighted by atomic mass is 32.1. The first-order valence-electron chi connectivity index (χ1n) is 6.87. The van der Waals surface area contributed by atoms with Crippen molar-refractivity contribution in [3.8, 4) is 0 Å². The number of nitrogens with one attached hydrogen (secondary N) is 1. The Kier molecular flexibility index (Phi) is 4.31. The van der Waals surface area contributed by atoms with Crippen molar-refractivity contribution in [1.82, 2.24) is 10.3 Å². The monoisotopic (exact) mass is 330 g/mol. The number of hydrogen-bond donors (Lipinski definition) is 1. The predicted octanol–water partition coefficient (Wildman–Crippen LogP) is 3.53. The van der Waals surface area contributed by atoms with Gasteiger partial charge in [-0.25, -0.2) is 4.98 Å². The first-order valence-corrected chi connectivity index (χ1v) is 8.50. The molecule has 0 saturated heterocycles. The zero-order valence-electron chi connectivity index (χ0n) is 12.0. The quantitative estimate of drug-likeness (QED) is 0.728. The smallest absolute Gasteiger partial charge is 0.261 e. The Morgan fingerprint density at radius 3 is 2.59 bits per heavy atom. The zero-order chi connectivity index (χ0) is 15.5.